The number of nitrogens with zero attached hydrogens (tertiary/aromatic N) is 1. The van der Waals surface area contributed by atoms with Crippen molar-refractivity contribution in [3.63, 3.8) is 0 Å². The summed E-state index contributed by atoms with van der Waals surface area (Å²) in [5.41, 5.74) is 0.726. The molecule has 0 aromatic heterocycles. The number of likely N-dealkylation sites (N-methyl/N-ethyl adjacent to an activating group) is 1. The molecule has 0 aliphatic carbocycles. The van der Waals surface area contributed by atoms with Gasteiger partial charge in [0.15, 0.2) is 6.61 Å². The Hall–Kier alpha value is -2.93. The molecule has 1 N–H and O–H groups in total. The lowest BCUT2D eigenvalue weighted by Gasteiger charge is -2.30. The van der Waals surface area contributed by atoms with Crippen LogP contribution in [0.3, 0.4) is 0 Å². The third-order valence-electron chi connectivity index (χ3n) is 5.08. The lowest BCUT2D eigenvalue weighted by Crippen LogP contribution is -2.49. The van der Waals surface area contributed by atoms with E-state index in [1.165, 1.54) is 24.1 Å². The Morgan fingerprint density at radius 2 is 1.81 bits per heavy atom. The first-order valence-electron chi connectivity index (χ1n) is 10.00. The van der Waals surface area contributed by atoms with Crippen LogP contribution in [-0.2, 0) is 16.1 Å². The topological polar surface area (TPSA) is 58.6 Å². The zero-order chi connectivity index (χ0) is 22.4. The summed E-state index contributed by atoms with van der Waals surface area (Å²) in [7, 11) is 1.54. The molecule has 0 aliphatic heterocycles. The molecule has 0 bridgehead atoms. The monoisotopic (exact) mass is 486 g/mol. The van der Waals surface area contributed by atoms with Gasteiger partial charge in [0.2, 0.25) is 5.91 Å². The summed E-state index contributed by atoms with van der Waals surface area (Å²) in [6.45, 7) is 1.78. The SMILES string of the molecule is CC[C@H](C(=O)NC)N(Cc1ccc(F)cc1)C(=O)COc1ccc2ccccc2c1Br. The molecule has 2 amide bonds. The summed E-state index contributed by atoms with van der Waals surface area (Å²) < 4.78 is 19.9. The first-order chi connectivity index (χ1) is 14.9. The van der Waals surface area contributed by atoms with Gasteiger partial charge in [0.1, 0.15) is 17.6 Å². The molecule has 3 rings (SSSR count). The van der Waals surface area contributed by atoms with E-state index in [0.717, 1.165) is 20.8 Å². The van der Waals surface area contributed by atoms with Crippen LogP contribution in [0.25, 0.3) is 10.8 Å². The minimum Gasteiger partial charge on any atom is -0.483 e. The normalized spacial score (nSPS) is 11.7. The molecule has 0 saturated carbocycles. The Morgan fingerprint density at radius 1 is 1.10 bits per heavy atom. The van der Waals surface area contributed by atoms with Crippen LogP contribution in [0, 0.1) is 5.82 Å². The maximum Gasteiger partial charge on any atom is 0.261 e. The summed E-state index contributed by atoms with van der Waals surface area (Å²) >= 11 is 3.56. The van der Waals surface area contributed by atoms with Crippen LogP contribution in [0.1, 0.15) is 18.9 Å². The number of hydrogen-bond acceptors (Lipinski definition) is 3. The second-order valence-corrected chi connectivity index (χ2v) is 7.87. The first-order valence-corrected chi connectivity index (χ1v) is 10.8. The van der Waals surface area contributed by atoms with Crippen LogP contribution in [0.4, 0.5) is 4.39 Å². The number of carbonyl (C=O) groups is 2. The molecule has 0 radical (unpaired) electrons. The Morgan fingerprint density at radius 3 is 2.48 bits per heavy atom. The molecule has 31 heavy (non-hydrogen) atoms. The summed E-state index contributed by atoms with van der Waals surface area (Å²) in [5.74, 6) is -0.407. The van der Waals surface area contributed by atoms with Gasteiger partial charge in [0.05, 0.1) is 4.47 Å². The van der Waals surface area contributed by atoms with E-state index in [1.54, 1.807) is 18.2 Å². The van der Waals surface area contributed by atoms with Gasteiger partial charge in [0.25, 0.3) is 5.91 Å². The van der Waals surface area contributed by atoms with Gasteiger partial charge < -0.3 is 15.0 Å². The molecule has 1 atom stereocenters. The Bertz CT molecular complexity index is 1070. The van der Waals surface area contributed by atoms with Crippen molar-refractivity contribution >= 4 is 38.5 Å². The average molecular weight is 487 g/mol. The Balaban J connectivity index is 1.81. The number of hydrogen-bond donors (Lipinski definition) is 1. The van der Waals surface area contributed by atoms with E-state index in [0.29, 0.717) is 12.2 Å². The average Bonchev–Trinajstić information content (AvgIpc) is 2.79. The number of ether oxygens (including phenoxy) is 1. The molecule has 3 aromatic rings. The van der Waals surface area contributed by atoms with E-state index in [4.69, 9.17) is 4.74 Å². The fraction of sp³-hybridized carbons (Fsp3) is 0.250. The third kappa shape index (κ3) is 5.41. The maximum absolute atomic E-state index is 13.3. The summed E-state index contributed by atoms with van der Waals surface area (Å²) in [6.07, 6.45) is 0.437. The van der Waals surface area contributed by atoms with Crippen LogP contribution in [-0.4, -0.2) is 36.4 Å². The second-order valence-electron chi connectivity index (χ2n) is 7.07. The maximum atomic E-state index is 13.3. The van der Waals surface area contributed by atoms with Gasteiger partial charge in [-0.3, -0.25) is 9.59 Å². The molecule has 162 valence electrons. The fourth-order valence-corrected chi connectivity index (χ4v) is 4.03. The van der Waals surface area contributed by atoms with Crippen molar-refractivity contribution in [3.05, 3.63) is 76.5 Å². The molecule has 0 fully saturated rings. The summed E-state index contributed by atoms with van der Waals surface area (Å²) in [5, 5.41) is 4.64. The van der Waals surface area contributed by atoms with E-state index in [9.17, 15) is 14.0 Å². The van der Waals surface area contributed by atoms with Crippen LogP contribution < -0.4 is 10.1 Å². The van der Waals surface area contributed by atoms with Crippen LogP contribution in [0.2, 0.25) is 0 Å². The molecule has 0 saturated heterocycles. The largest absolute Gasteiger partial charge is 0.483 e. The van der Waals surface area contributed by atoms with Crippen molar-refractivity contribution in [3.8, 4) is 5.75 Å². The molecule has 0 heterocycles. The van der Waals surface area contributed by atoms with Gasteiger partial charge in [-0.15, -0.1) is 0 Å². The first kappa shape index (κ1) is 22.7. The highest BCUT2D eigenvalue weighted by Gasteiger charge is 2.28. The highest BCUT2D eigenvalue weighted by Crippen LogP contribution is 2.33. The quantitative estimate of drug-likeness (QED) is 0.503. The van der Waals surface area contributed by atoms with Gasteiger partial charge in [0, 0.05) is 13.6 Å². The molecule has 0 unspecified atom stereocenters. The smallest absolute Gasteiger partial charge is 0.261 e. The predicted molar refractivity (Wildman–Crippen MR) is 122 cm³/mol. The highest BCUT2D eigenvalue weighted by molar-refractivity contribution is 9.10. The predicted octanol–water partition coefficient (Wildman–Crippen LogP) is 4.67. The number of rotatable bonds is 8. The molecule has 0 spiro atoms. The van der Waals surface area contributed by atoms with Gasteiger partial charge in [-0.2, -0.15) is 0 Å². The molecule has 3 aromatic carbocycles. The lowest BCUT2D eigenvalue weighted by atomic mass is 10.1. The number of halogens is 2. The molecular weight excluding hydrogens is 463 g/mol. The number of nitrogens with one attached hydrogen (secondary N) is 1. The second kappa shape index (κ2) is 10.4. The number of benzene rings is 3. The van der Waals surface area contributed by atoms with Crippen LogP contribution in [0.5, 0.6) is 5.75 Å². The molecule has 0 aliphatic rings. The summed E-state index contributed by atoms with van der Waals surface area (Å²) in [6, 6.07) is 16.8. The van der Waals surface area contributed by atoms with E-state index in [-0.39, 0.29) is 30.8 Å². The van der Waals surface area contributed by atoms with Crippen LogP contribution in [0.15, 0.2) is 65.1 Å². The lowest BCUT2D eigenvalue weighted by molar-refractivity contribution is -0.142. The van der Waals surface area contributed by atoms with E-state index >= 15 is 0 Å². The van der Waals surface area contributed by atoms with Gasteiger partial charge in [-0.05, 0) is 56.9 Å². The summed E-state index contributed by atoms with van der Waals surface area (Å²) in [4.78, 5) is 27.0. The minimum absolute atomic E-state index is 0.174. The van der Waals surface area contributed by atoms with E-state index in [1.807, 2.05) is 37.3 Å². The van der Waals surface area contributed by atoms with Crippen molar-refractivity contribution in [2.75, 3.05) is 13.7 Å². The van der Waals surface area contributed by atoms with Crippen molar-refractivity contribution < 1.29 is 18.7 Å². The highest BCUT2D eigenvalue weighted by atomic mass is 79.9. The van der Waals surface area contributed by atoms with E-state index < -0.39 is 6.04 Å². The van der Waals surface area contributed by atoms with Crippen molar-refractivity contribution in [1.82, 2.24) is 10.2 Å². The minimum atomic E-state index is -0.661. The molecular formula is C24H24BrFN2O3. The Kier molecular flexibility index (Phi) is 7.63. The number of carbonyl (C=O) groups excluding carboxylic acids is 2. The number of fused-ring (bicyclic) bond motifs is 1. The molecule has 7 heteroatoms. The van der Waals surface area contributed by atoms with Gasteiger partial charge in [-0.1, -0.05) is 49.4 Å². The zero-order valence-corrected chi connectivity index (χ0v) is 19.0. The van der Waals surface area contributed by atoms with Crippen LogP contribution >= 0.6 is 15.9 Å². The fourth-order valence-electron chi connectivity index (χ4n) is 3.42. The van der Waals surface area contributed by atoms with E-state index in [2.05, 4.69) is 21.2 Å². The Labute approximate surface area is 189 Å². The van der Waals surface area contributed by atoms with Crippen molar-refractivity contribution in [2.24, 2.45) is 0 Å². The van der Waals surface area contributed by atoms with Gasteiger partial charge >= 0.3 is 0 Å². The van der Waals surface area contributed by atoms with Crippen molar-refractivity contribution in [1.29, 1.82) is 0 Å². The zero-order valence-electron chi connectivity index (χ0n) is 17.4. The number of amides is 2. The molecule has 5 nitrogen and oxygen atoms in total. The standard InChI is InChI=1S/C24H24BrFN2O3/c1-3-20(24(30)27-2)28(14-16-8-11-18(26)12-9-16)22(29)15-31-21-13-10-17-6-4-5-7-19(17)23(21)25/h4-13,20H,3,14-15H2,1-2H3,(H,27,30)/t20-/m1/s1. The van der Waals surface area contributed by atoms with Crippen molar-refractivity contribution in [2.45, 2.75) is 25.9 Å². The third-order valence-corrected chi connectivity index (χ3v) is 5.90. The van der Waals surface area contributed by atoms with Gasteiger partial charge in [-0.25, -0.2) is 4.39 Å².